The molecule has 0 bridgehead atoms. The molecule has 1 N–H and O–H groups in total. The minimum absolute atomic E-state index is 0.000140. The zero-order chi connectivity index (χ0) is 13.1. The first kappa shape index (κ1) is 13.3. The van der Waals surface area contributed by atoms with Crippen LogP contribution in [0.4, 0.5) is 0 Å². The van der Waals surface area contributed by atoms with Crippen LogP contribution in [-0.4, -0.2) is 47.2 Å². The molecule has 2 rings (SSSR count). The summed E-state index contributed by atoms with van der Waals surface area (Å²) in [5, 5.41) is 8.81. The Morgan fingerprint density at radius 2 is 2.00 bits per heavy atom. The predicted octanol–water partition coefficient (Wildman–Crippen LogP) is 1.27. The van der Waals surface area contributed by atoms with Crippen molar-refractivity contribution >= 4 is 11.9 Å². The fourth-order valence-corrected chi connectivity index (χ4v) is 2.53. The first-order valence-electron chi connectivity index (χ1n) is 6.73. The van der Waals surface area contributed by atoms with Gasteiger partial charge in [0.2, 0.25) is 5.91 Å². The highest BCUT2D eigenvalue weighted by Crippen LogP contribution is 2.34. The van der Waals surface area contributed by atoms with Crippen LogP contribution in [-0.2, 0) is 14.3 Å². The molecular formula is C13H21NO4. The number of carbonyl (C=O) groups is 2. The molecule has 0 heterocycles. The van der Waals surface area contributed by atoms with Crippen LogP contribution in [0.15, 0.2) is 0 Å². The van der Waals surface area contributed by atoms with E-state index in [0.29, 0.717) is 18.4 Å². The lowest BCUT2D eigenvalue weighted by Crippen LogP contribution is -2.41. The molecule has 0 unspecified atom stereocenters. The number of ether oxygens (including phenoxy) is 1. The maximum absolute atomic E-state index is 12.0. The van der Waals surface area contributed by atoms with Crippen molar-refractivity contribution < 1.29 is 19.4 Å². The SMILES string of the molecule is CCOC1CC(CC(=O)N(CC(=O)O)C2CC2)C1. The van der Waals surface area contributed by atoms with E-state index in [1.165, 1.54) is 4.90 Å². The summed E-state index contributed by atoms with van der Waals surface area (Å²) in [5.74, 6) is -0.542. The third kappa shape index (κ3) is 3.45. The van der Waals surface area contributed by atoms with Gasteiger partial charge in [-0.15, -0.1) is 0 Å². The van der Waals surface area contributed by atoms with Gasteiger partial charge in [-0.2, -0.15) is 0 Å². The third-order valence-electron chi connectivity index (χ3n) is 3.67. The molecule has 0 spiro atoms. The Kier molecular flexibility index (Phi) is 4.22. The van der Waals surface area contributed by atoms with Crippen LogP contribution in [0.25, 0.3) is 0 Å². The van der Waals surface area contributed by atoms with Crippen LogP contribution in [0, 0.1) is 5.92 Å². The zero-order valence-electron chi connectivity index (χ0n) is 10.8. The number of amides is 1. The van der Waals surface area contributed by atoms with E-state index in [9.17, 15) is 9.59 Å². The monoisotopic (exact) mass is 255 g/mol. The van der Waals surface area contributed by atoms with Crippen LogP contribution >= 0.6 is 0 Å². The van der Waals surface area contributed by atoms with Crippen molar-refractivity contribution in [1.82, 2.24) is 4.90 Å². The second-order valence-corrected chi connectivity index (χ2v) is 5.27. The Morgan fingerprint density at radius 3 is 2.50 bits per heavy atom. The van der Waals surface area contributed by atoms with E-state index < -0.39 is 5.97 Å². The average Bonchev–Trinajstić information content (AvgIpc) is 3.06. The Morgan fingerprint density at radius 1 is 1.33 bits per heavy atom. The molecule has 18 heavy (non-hydrogen) atoms. The Balaban J connectivity index is 1.74. The van der Waals surface area contributed by atoms with Gasteiger partial charge in [0.25, 0.3) is 0 Å². The number of hydrogen-bond donors (Lipinski definition) is 1. The molecule has 2 aliphatic rings. The topological polar surface area (TPSA) is 66.8 Å². The number of hydrogen-bond acceptors (Lipinski definition) is 3. The highest BCUT2D eigenvalue weighted by molar-refractivity contribution is 5.82. The van der Waals surface area contributed by atoms with Gasteiger partial charge in [-0.3, -0.25) is 9.59 Å². The van der Waals surface area contributed by atoms with E-state index in [1.54, 1.807) is 0 Å². The van der Waals surface area contributed by atoms with E-state index in [4.69, 9.17) is 9.84 Å². The standard InChI is InChI=1S/C13H21NO4/c1-2-18-11-5-9(6-11)7-12(15)14(8-13(16)17)10-3-4-10/h9-11H,2-8H2,1H3,(H,16,17). The summed E-state index contributed by atoms with van der Waals surface area (Å²) in [7, 11) is 0. The Hall–Kier alpha value is -1.10. The first-order chi connectivity index (χ1) is 8.60. The van der Waals surface area contributed by atoms with E-state index in [-0.39, 0.29) is 18.5 Å². The quantitative estimate of drug-likeness (QED) is 0.744. The van der Waals surface area contributed by atoms with Crippen LogP contribution in [0.2, 0.25) is 0 Å². The molecule has 0 saturated heterocycles. The molecule has 0 atom stereocenters. The van der Waals surface area contributed by atoms with E-state index in [0.717, 1.165) is 32.3 Å². The zero-order valence-corrected chi connectivity index (χ0v) is 10.8. The number of carboxylic acid groups (broad SMARTS) is 1. The van der Waals surface area contributed by atoms with Crippen molar-refractivity contribution in [2.24, 2.45) is 5.92 Å². The van der Waals surface area contributed by atoms with Gasteiger partial charge >= 0.3 is 5.97 Å². The molecular weight excluding hydrogens is 234 g/mol. The fourth-order valence-electron chi connectivity index (χ4n) is 2.53. The summed E-state index contributed by atoms with van der Waals surface area (Å²) in [6.07, 6.45) is 4.56. The van der Waals surface area contributed by atoms with Crippen molar-refractivity contribution in [3.05, 3.63) is 0 Å². The fraction of sp³-hybridized carbons (Fsp3) is 0.846. The number of carboxylic acids is 1. The molecule has 0 radical (unpaired) electrons. The van der Waals surface area contributed by atoms with Crippen LogP contribution in [0.3, 0.4) is 0 Å². The van der Waals surface area contributed by atoms with Crippen molar-refractivity contribution in [2.45, 2.75) is 51.2 Å². The molecule has 0 aromatic heterocycles. The summed E-state index contributed by atoms with van der Waals surface area (Å²) in [4.78, 5) is 24.3. The van der Waals surface area contributed by atoms with E-state index in [2.05, 4.69) is 0 Å². The van der Waals surface area contributed by atoms with Crippen molar-refractivity contribution in [1.29, 1.82) is 0 Å². The van der Waals surface area contributed by atoms with Gasteiger partial charge < -0.3 is 14.7 Å². The first-order valence-corrected chi connectivity index (χ1v) is 6.73. The van der Waals surface area contributed by atoms with Crippen molar-refractivity contribution in [2.75, 3.05) is 13.2 Å². The molecule has 0 aliphatic heterocycles. The number of rotatable bonds is 7. The molecule has 5 heteroatoms. The number of nitrogens with zero attached hydrogens (tertiary/aromatic N) is 1. The Labute approximate surface area is 107 Å². The van der Waals surface area contributed by atoms with Gasteiger partial charge in [0.1, 0.15) is 6.54 Å². The normalized spacial score (nSPS) is 26.5. The second kappa shape index (κ2) is 5.69. The van der Waals surface area contributed by atoms with Gasteiger partial charge in [0, 0.05) is 19.1 Å². The van der Waals surface area contributed by atoms with Gasteiger partial charge in [-0.25, -0.2) is 0 Å². The van der Waals surface area contributed by atoms with E-state index >= 15 is 0 Å². The summed E-state index contributed by atoms with van der Waals surface area (Å²) in [6.45, 7) is 2.55. The average molecular weight is 255 g/mol. The lowest BCUT2D eigenvalue weighted by atomic mass is 9.79. The van der Waals surface area contributed by atoms with Gasteiger partial charge in [0.05, 0.1) is 6.10 Å². The maximum Gasteiger partial charge on any atom is 0.323 e. The molecule has 5 nitrogen and oxygen atoms in total. The highest BCUT2D eigenvalue weighted by Gasteiger charge is 2.37. The molecule has 0 aromatic rings. The molecule has 2 aliphatic carbocycles. The lowest BCUT2D eigenvalue weighted by Gasteiger charge is -2.35. The minimum Gasteiger partial charge on any atom is -0.480 e. The Bertz CT molecular complexity index is 321. The van der Waals surface area contributed by atoms with Crippen molar-refractivity contribution in [3.8, 4) is 0 Å². The minimum atomic E-state index is -0.920. The van der Waals surface area contributed by atoms with Crippen LogP contribution in [0.1, 0.15) is 39.0 Å². The lowest BCUT2D eigenvalue weighted by molar-refractivity contribution is -0.146. The summed E-state index contributed by atoms with van der Waals surface area (Å²) >= 11 is 0. The molecule has 102 valence electrons. The summed E-state index contributed by atoms with van der Waals surface area (Å²) in [6, 6.07) is 0.177. The summed E-state index contributed by atoms with van der Waals surface area (Å²) < 4.78 is 5.46. The highest BCUT2D eigenvalue weighted by atomic mass is 16.5. The van der Waals surface area contributed by atoms with Crippen LogP contribution in [0.5, 0.6) is 0 Å². The van der Waals surface area contributed by atoms with Gasteiger partial charge in [0.15, 0.2) is 0 Å². The smallest absolute Gasteiger partial charge is 0.323 e. The maximum atomic E-state index is 12.0. The van der Waals surface area contributed by atoms with Crippen molar-refractivity contribution in [3.63, 3.8) is 0 Å². The van der Waals surface area contributed by atoms with Gasteiger partial charge in [-0.1, -0.05) is 0 Å². The predicted molar refractivity (Wildman–Crippen MR) is 65.1 cm³/mol. The third-order valence-corrected chi connectivity index (χ3v) is 3.67. The largest absolute Gasteiger partial charge is 0.480 e. The molecule has 2 fully saturated rings. The molecule has 0 aromatic carbocycles. The molecule has 2 saturated carbocycles. The van der Waals surface area contributed by atoms with Gasteiger partial charge in [-0.05, 0) is 38.5 Å². The summed E-state index contributed by atoms with van der Waals surface area (Å²) in [5.41, 5.74) is 0. The molecule has 1 amide bonds. The number of aliphatic carboxylic acids is 1. The second-order valence-electron chi connectivity index (χ2n) is 5.27. The van der Waals surface area contributed by atoms with Crippen LogP contribution < -0.4 is 0 Å². The number of carbonyl (C=O) groups excluding carboxylic acids is 1. The van der Waals surface area contributed by atoms with E-state index in [1.807, 2.05) is 6.92 Å².